The average molecular weight is 318 g/mol. The van der Waals surface area contributed by atoms with Crippen LogP contribution in [0.15, 0.2) is 42.6 Å². The standard InChI is InChI=1S/C16H16ClN3O2/c17-11-1-6-14(7-2-11)22-10-16(21)20-13-5-8-15(18-9-13)19-12-3-4-12/h1-2,5-9,12H,3-4,10H2,(H,18,19)(H,20,21). The lowest BCUT2D eigenvalue weighted by Crippen LogP contribution is -2.20. The van der Waals surface area contributed by atoms with Crippen LogP contribution in [-0.2, 0) is 4.79 Å². The Balaban J connectivity index is 1.47. The number of aromatic nitrogens is 1. The highest BCUT2D eigenvalue weighted by molar-refractivity contribution is 6.30. The van der Waals surface area contributed by atoms with Crippen LogP contribution in [0, 0.1) is 0 Å². The fourth-order valence-corrected chi connectivity index (χ4v) is 1.99. The number of rotatable bonds is 6. The van der Waals surface area contributed by atoms with Gasteiger partial charge in [-0.25, -0.2) is 4.98 Å². The number of carbonyl (C=O) groups excluding carboxylic acids is 1. The first-order valence-corrected chi connectivity index (χ1v) is 7.48. The van der Waals surface area contributed by atoms with E-state index in [1.165, 1.54) is 12.8 Å². The van der Waals surface area contributed by atoms with Crippen molar-refractivity contribution in [2.75, 3.05) is 17.2 Å². The van der Waals surface area contributed by atoms with Crippen LogP contribution in [0.1, 0.15) is 12.8 Å². The zero-order chi connectivity index (χ0) is 15.4. The van der Waals surface area contributed by atoms with E-state index in [0.29, 0.717) is 22.5 Å². The first-order valence-electron chi connectivity index (χ1n) is 7.10. The maximum Gasteiger partial charge on any atom is 0.262 e. The van der Waals surface area contributed by atoms with Gasteiger partial charge in [-0.1, -0.05) is 11.6 Å². The molecule has 5 nitrogen and oxygen atoms in total. The fraction of sp³-hybridized carbons (Fsp3) is 0.250. The summed E-state index contributed by atoms with van der Waals surface area (Å²) in [5.74, 6) is 1.19. The van der Waals surface area contributed by atoms with Crippen LogP contribution in [0.2, 0.25) is 5.02 Å². The zero-order valence-electron chi connectivity index (χ0n) is 11.9. The molecule has 0 aliphatic heterocycles. The number of anilines is 2. The molecule has 0 radical (unpaired) electrons. The summed E-state index contributed by atoms with van der Waals surface area (Å²) in [5, 5.41) is 6.66. The lowest BCUT2D eigenvalue weighted by molar-refractivity contribution is -0.118. The minimum Gasteiger partial charge on any atom is -0.484 e. The van der Waals surface area contributed by atoms with Gasteiger partial charge in [-0.05, 0) is 49.2 Å². The van der Waals surface area contributed by atoms with Crippen LogP contribution in [0.3, 0.4) is 0 Å². The van der Waals surface area contributed by atoms with Gasteiger partial charge in [0.05, 0.1) is 11.9 Å². The maximum absolute atomic E-state index is 11.8. The second kappa shape index (κ2) is 6.66. The van der Waals surface area contributed by atoms with E-state index in [4.69, 9.17) is 16.3 Å². The van der Waals surface area contributed by atoms with Crippen molar-refractivity contribution in [1.82, 2.24) is 4.98 Å². The first-order chi connectivity index (χ1) is 10.7. The summed E-state index contributed by atoms with van der Waals surface area (Å²) < 4.78 is 5.38. The molecule has 1 aromatic carbocycles. The van der Waals surface area contributed by atoms with Gasteiger partial charge in [-0.2, -0.15) is 0 Å². The predicted octanol–water partition coefficient (Wildman–Crippen LogP) is 3.33. The molecule has 1 aliphatic carbocycles. The first kappa shape index (κ1) is 14.7. The molecule has 1 heterocycles. The van der Waals surface area contributed by atoms with Gasteiger partial charge in [-0.15, -0.1) is 0 Å². The van der Waals surface area contributed by atoms with Crippen molar-refractivity contribution >= 4 is 29.0 Å². The van der Waals surface area contributed by atoms with E-state index in [1.54, 1.807) is 30.5 Å². The van der Waals surface area contributed by atoms with E-state index in [2.05, 4.69) is 15.6 Å². The Labute approximate surface area is 133 Å². The van der Waals surface area contributed by atoms with Crippen molar-refractivity contribution in [3.05, 3.63) is 47.6 Å². The van der Waals surface area contributed by atoms with Crippen molar-refractivity contribution in [2.45, 2.75) is 18.9 Å². The number of carbonyl (C=O) groups is 1. The number of hydrogen-bond donors (Lipinski definition) is 2. The predicted molar refractivity (Wildman–Crippen MR) is 86.5 cm³/mol. The number of ether oxygens (including phenoxy) is 1. The van der Waals surface area contributed by atoms with E-state index in [-0.39, 0.29) is 12.5 Å². The zero-order valence-corrected chi connectivity index (χ0v) is 12.6. The molecule has 1 aromatic heterocycles. The Morgan fingerprint density at radius 3 is 2.64 bits per heavy atom. The summed E-state index contributed by atoms with van der Waals surface area (Å²) in [6.07, 6.45) is 4.02. The SMILES string of the molecule is O=C(COc1ccc(Cl)cc1)Nc1ccc(NC2CC2)nc1. The summed E-state index contributed by atoms with van der Waals surface area (Å²) in [4.78, 5) is 16.1. The minimum absolute atomic E-state index is 0.0658. The van der Waals surface area contributed by atoms with Crippen LogP contribution >= 0.6 is 11.6 Å². The molecule has 0 atom stereocenters. The molecule has 6 heteroatoms. The molecule has 1 saturated carbocycles. The Kier molecular flexibility index (Phi) is 4.44. The summed E-state index contributed by atoms with van der Waals surface area (Å²) in [6.45, 7) is -0.0658. The largest absolute Gasteiger partial charge is 0.484 e. The summed E-state index contributed by atoms with van der Waals surface area (Å²) in [7, 11) is 0. The molecule has 2 N–H and O–H groups in total. The quantitative estimate of drug-likeness (QED) is 0.858. The summed E-state index contributed by atoms with van der Waals surface area (Å²) in [5.41, 5.74) is 0.644. The molecular weight excluding hydrogens is 302 g/mol. The number of benzene rings is 1. The Morgan fingerprint density at radius 1 is 1.23 bits per heavy atom. The van der Waals surface area contributed by atoms with Gasteiger partial charge >= 0.3 is 0 Å². The number of pyridine rings is 1. The third kappa shape index (κ3) is 4.36. The van der Waals surface area contributed by atoms with Gasteiger partial charge in [0.25, 0.3) is 5.91 Å². The van der Waals surface area contributed by atoms with Crippen molar-refractivity contribution in [2.24, 2.45) is 0 Å². The monoisotopic (exact) mass is 317 g/mol. The normalized spacial score (nSPS) is 13.5. The fourth-order valence-electron chi connectivity index (χ4n) is 1.87. The molecule has 0 saturated heterocycles. The van der Waals surface area contributed by atoms with E-state index in [1.807, 2.05) is 12.1 Å². The molecule has 22 heavy (non-hydrogen) atoms. The van der Waals surface area contributed by atoms with Crippen LogP contribution in [0.25, 0.3) is 0 Å². The lowest BCUT2D eigenvalue weighted by atomic mass is 10.3. The van der Waals surface area contributed by atoms with E-state index in [0.717, 1.165) is 5.82 Å². The lowest BCUT2D eigenvalue weighted by Gasteiger charge is -2.08. The highest BCUT2D eigenvalue weighted by Crippen LogP contribution is 2.24. The maximum atomic E-state index is 11.8. The molecule has 114 valence electrons. The van der Waals surface area contributed by atoms with Crippen molar-refractivity contribution < 1.29 is 9.53 Å². The number of halogens is 1. The topological polar surface area (TPSA) is 63.2 Å². The smallest absolute Gasteiger partial charge is 0.262 e. The van der Waals surface area contributed by atoms with Crippen LogP contribution in [-0.4, -0.2) is 23.5 Å². The van der Waals surface area contributed by atoms with E-state index >= 15 is 0 Å². The molecule has 1 fully saturated rings. The second-order valence-electron chi connectivity index (χ2n) is 5.14. The van der Waals surface area contributed by atoms with Crippen molar-refractivity contribution in [1.29, 1.82) is 0 Å². The molecular formula is C16H16ClN3O2. The highest BCUT2D eigenvalue weighted by atomic mass is 35.5. The molecule has 2 aromatic rings. The van der Waals surface area contributed by atoms with Gasteiger partial charge in [0.15, 0.2) is 6.61 Å². The number of nitrogens with zero attached hydrogens (tertiary/aromatic N) is 1. The third-order valence-electron chi connectivity index (χ3n) is 3.16. The van der Waals surface area contributed by atoms with Gasteiger partial charge in [0.2, 0.25) is 0 Å². The molecule has 0 unspecified atom stereocenters. The number of nitrogens with one attached hydrogen (secondary N) is 2. The average Bonchev–Trinajstić information content (AvgIpc) is 3.33. The highest BCUT2D eigenvalue weighted by Gasteiger charge is 2.21. The summed E-state index contributed by atoms with van der Waals surface area (Å²) in [6, 6.07) is 11.1. The Hall–Kier alpha value is -2.27. The van der Waals surface area contributed by atoms with E-state index in [9.17, 15) is 4.79 Å². The van der Waals surface area contributed by atoms with Crippen molar-refractivity contribution in [3.8, 4) is 5.75 Å². The van der Waals surface area contributed by atoms with Gasteiger partial charge in [0, 0.05) is 11.1 Å². The van der Waals surface area contributed by atoms with Crippen LogP contribution in [0.4, 0.5) is 11.5 Å². The summed E-state index contributed by atoms with van der Waals surface area (Å²) >= 11 is 5.78. The van der Waals surface area contributed by atoms with Crippen molar-refractivity contribution in [3.63, 3.8) is 0 Å². The van der Waals surface area contributed by atoms with Crippen LogP contribution < -0.4 is 15.4 Å². The van der Waals surface area contributed by atoms with Gasteiger partial charge in [-0.3, -0.25) is 4.79 Å². The van der Waals surface area contributed by atoms with Gasteiger partial charge in [0.1, 0.15) is 11.6 Å². The van der Waals surface area contributed by atoms with Gasteiger partial charge < -0.3 is 15.4 Å². The molecule has 0 bridgehead atoms. The molecule has 0 spiro atoms. The Morgan fingerprint density at radius 2 is 2.00 bits per heavy atom. The van der Waals surface area contributed by atoms with E-state index < -0.39 is 0 Å². The third-order valence-corrected chi connectivity index (χ3v) is 3.41. The minimum atomic E-state index is -0.236. The Bertz CT molecular complexity index is 639. The number of amides is 1. The molecule has 1 amide bonds. The second-order valence-corrected chi connectivity index (χ2v) is 5.58. The molecule has 1 aliphatic rings. The molecule has 3 rings (SSSR count). The van der Waals surface area contributed by atoms with Crippen LogP contribution in [0.5, 0.6) is 5.75 Å². The number of hydrogen-bond acceptors (Lipinski definition) is 4.